The molecule has 0 atom stereocenters. The molecule has 0 aliphatic rings. The van der Waals surface area contributed by atoms with Crippen LogP contribution in [0.2, 0.25) is 0 Å². The summed E-state index contributed by atoms with van der Waals surface area (Å²) in [5, 5.41) is 8.78. The van der Waals surface area contributed by atoms with E-state index >= 15 is 0 Å². The zero-order valence-corrected chi connectivity index (χ0v) is 12.0. The van der Waals surface area contributed by atoms with E-state index in [-0.39, 0.29) is 5.56 Å². The monoisotopic (exact) mass is 284 g/mol. The molecule has 2 aromatic rings. The molecule has 2 rings (SSSR count). The maximum atomic E-state index is 11.7. The van der Waals surface area contributed by atoms with Crippen LogP contribution >= 0.6 is 0 Å². The molecule has 0 spiro atoms. The lowest BCUT2D eigenvalue weighted by atomic mass is 10.1. The van der Waals surface area contributed by atoms with Gasteiger partial charge in [-0.15, -0.1) is 0 Å². The van der Waals surface area contributed by atoms with Crippen molar-refractivity contribution in [1.29, 1.82) is 5.26 Å². The lowest BCUT2D eigenvalue weighted by Gasteiger charge is -2.11. The van der Waals surface area contributed by atoms with Crippen molar-refractivity contribution < 1.29 is 9.47 Å². The van der Waals surface area contributed by atoms with E-state index in [1.165, 1.54) is 6.07 Å². The number of aromatic amines is 1. The van der Waals surface area contributed by atoms with Crippen molar-refractivity contribution in [2.75, 3.05) is 13.7 Å². The van der Waals surface area contributed by atoms with E-state index < -0.39 is 5.56 Å². The third-order valence-corrected chi connectivity index (χ3v) is 2.97. The van der Waals surface area contributed by atoms with Gasteiger partial charge in [-0.1, -0.05) is 6.92 Å². The van der Waals surface area contributed by atoms with E-state index in [9.17, 15) is 4.79 Å². The Labute approximate surface area is 122 Å². The Morgan fingerprint density at radius 3 is 2.67 bits per heavy atom. The number of H-pyrrole nitrogens is 1. The summed E-state index contributed by atoms with van der Waals surface area (Å²) in [6.45, 7) is 2.61. The van der Waals surface area contributed by atoms with Crippen LogP contribution in [0.1, 0.15) is 18.9 Å². The van der Waals surface area contributed by atoms with Crippen LogP contribution in [0.4, 0.5) is 0 Å². The van der Waals surface area contributed by atoms with Gasteiger partial charge in [0.15, 0.2) is 11.5 Å². The summed E-state index contributed by atoms with van der Waals surface area (Å²) in [5.74, 6) is 1.27. The first-order chi connectivity index (χ1) is 10.2. The van der Waals surface area contributed by atoms with Crippen molar-refractivity contribution in [2.24, 2.45) is 0 Å². The van der Waals surface area contributed by atoms with Crippen molar-refractivity contribution in [3.63, 3.8) is 0 Å². The number of pyridine rings is 1. The molecule has 0 aliphatic carbocycles. The largest absolute Gasteiger partial charge is 0.493 e. The third-order valence-electron chi connectivity index (χ3n) is 2.97. The smallest absolute Gasteiger partial charge is 0.266 e. The van der Waals surface area contributed by atoms with Gasteiger partial charge in [-0.3, -0.25) is 4.79 Å². The predicted molar refractivity (Wildman–Crippen MR) is 79.6 cm³/mol. The van der Waals surface area contributed by atoms with E-state index in [4.69, 9.17) is 14.7 Å². The number of ether oxygens (including phenoxy) is 2. The van der Waals surface area contributed by atoms with E-state index in [0.29, 0.717) is 23.8 Å². The standard InChI is InChI=1S/C16H16N2O3/c1-3-8-21-15-9-11(5-7-14(15)20-2)13-6-4-12(10-17)16(19)18-13/h4-7,9H,3,8H2,1-2H3,(H,18,19). The fourth-order valence-corrected chi connectivity index (χ4v) is 1.90. The van der Waals surface area contributed by atoms with Gasteiger partial charge in [0, 0.05) is 11.3 Å². The second-order valence-electron chi connectivity index (χ2n) is 4.44. The van der Waals surface area contributed by atoms with Gasteiger partial charge in [-0.2, -0.15) is 5.26 Å². The van der Waals surface area contributed by atoms with Gasteiger partial charge in [-0.05, 0) is 36.8 Å². The zero-order valence-electron chi connectivity index (χ0n) is 12.0. The normalized spacial score (nSPS) is 9.95. The fraction of sp³-hybridized carbons (Fsp3) is 0.250. The first kappa shape index (κ1) is 14.7. The van der Waals surface area contributed by atoms with Crippen LogP contribution in [-0.2, 0) is 0 Å². The van der Waals surface area contributed by atoms with Crippen molar-refractivity contribution in [1.82, 2.24) is 4.98 Å². The van der Waals surface area contributed by atoms with Crippen LogP contribution in [0.5, 0.6) is 11.5 Å². The van der Waals surface area contributed by atoms with Crippen LogP contribution in [0, 0.1) is 11.3 Å². The second-order valence-corrected chi connectivity index (χ2v) is 4.44. The van der Waals surface area contributed by atoms with Gasteiger partial charge in [0.25, 0.3) is 5.56 Å². The van der Waals surface area contributed by atoms with Crippen molar-refractivity contribution in [3.05, 3.63) is 46.2 Å². The Hall–Kier alpha value is -2.74. The molecule has 1 heterocycles. The van der Waals surface area contributed by atoms with Gasteiger partial charge in [-0.25, -0.2) is 0 Å². The number of nitriles is 1. The number of aromatic nitrogens is 1. The molecule has 5 heteroatoms. The topological polar surface area (TPSA) is 75.1 Å². The minimum atomic E-state index is -0.401. The number of nitrogens with zero attached hydrogens (tertiary/aromatic N) is 1. The number of hydrogen-bond donors (Lipinski definition) is 1. The maximum absolute atomic E-state index is 11.7. The molecule has 0 amide bonds. The Morgan fingerprint density at radius 2 is 2.05 bits per heavy atom. The highest BCUT2D eigenvalue weighted by molar-refractivity contribution is 5.64. The van der Waals surface area contributed by atoms with Crippen LogP contribution in [0.3, 0.4) is 0 Å². The van der Waals surface area contributed by atoms with Gasteiger partial charge in [0.05, 0.1) is 13.7 Å². The molecule has 0 saturated carbocycles. The summed E-state index contributed by atoms with van der Waals surface area (Å²) in [5.41, 5.74) is 1.11. The highest BCUT2D eigenvalue weighted by Gasteiger charge is 2.08. The Morgan fingerprint density at radius 1 is 1.24 bits per heavy atom. The van der Waals surface area contributed by atoms with Crippen LogP contribution in [0.25, 0.3) is 11.3 Å². The average molecular weight is 284 g/mol. The van der Waals surface area contributed by atoms with Crippen LogP contribution < -0.4 is 15.0 Å². The molecule has 0 bridgehead atoms. The molecule has 0 saturated heterocycles. The highest BCUT2D eigenvalue weighted by atomic mass is 16.5. The molecule has 0 unspecified atom stereocenters. The maximum Gasteiger partial charge on any atom is 0.266 e. The van der Waals surface area contributed by atoms with Gasteiger partial charge < -0.3 is 14.5 Å². The quantitative estimate of drug-likeness (QED) is 0.916. The first-order valence-corrected chi connectivity index (χ1v) is 6.64. The SMILES string of the molecule is CCCOc1cc(-c2ccc(C#N)c(=O)[nH]2)ccc1OC. The summed E-state index contributed by atoms with van der Waals surface area (Å²) in [4.78, 5) is 14.4. The number of benzene rings is 1. The second kappa shape index (κ2) is 6.62. The Kier molecular flexibility index (Phi) is 4.62. The number of hydrogen-bond acceptors (Lipinski definition) is 4. The molecule has 1 aromatic heterocycles. The van der Waals surface area contributed by atoms with Crippen molar-refractivity contribution in [3.8, 4) is 28.8 Å². The van der Waals surface area contributed by atoms with Gasteiger partial charge in [0.1, 0.15) is 11.6 Å². The lowest BCUT2D eigenvalue weighted by Crippen LogP contribution is -2.10. The molecule has 0 radical (unpaired) electrons. The summed E-state index contributed by atoms with van der Waals surface area (Å²) in [6, 6.07) is 10.5. The summed E-state index contributed by atoms with van der Waals surface area (Å²) in [6.07, 6.45) is 0.890. The molecule has 21 heavy (non-hydrogen) atoms. The average Bonchev–Trinajstić information content (AvgIpc) is 2.52. The molecule has 5 nitrogen and oxygen atoms in total. The molecule has 1 N–H and O–H groups in total. The Balaban J connectivity index is 2.42. The van der Waals surface area contributed by atoms with Gasteiger partial charge in [0.2, 0.25) is 0 Å². The van der Waals surface area contributed by atoms with E-state index in [1.54, 1.807) is 19.2 Å². The lowest BCUT2D eigenvalue weighted by molar-refractivity contribution is 0.294. The Bertz CT molecular complexity index is 729. The number of nitrogens with one attached hydrogen (secondary N) is 1. The predicted octanol–water partition coefficient (Wildman–Crippen LogP) is 2.71. The summed E-state index contributed by atoms with van der Waals surface area (Å²) >= 11 is 0. The van der Waals surface area contributed by atoms with E-state index in [2.05, 4.69) is 4.98 Å². The van der Waals surface area contributed by atoms with Crippen molar-refractivity contribution >= 4 is 0 Å². The van der Waals surface area contributed by atoms with Crippen LogP contribution in [-0.4, -0.2) is 18.7 Å². The van der Waals surface area contributed by atoms with Gasteiger partial charge >= 0.3 is 0 Å². The van der Waals surface area contributed by atoms with E-state index in [1.807, 2.05) is 25.1 Å². The molecular weight excluding hydrogens is 268 g/mol. The highest BCUT2D eigenvalue weighted by Crippen LogP contribution is 2.31. The fourth-order valence-electron chi connectivity index (χ4n) is 1.90. The minimum absolute atomic E-state index is 0.0923. The van der Waals surface area contributed by atoms with E-state index in [0.717, 1.165) is 12.0 Å². The molecular formula is C16H16N2O3. The molecule has 108 valence electrons. The summed E-state index contributed by atoms with van der Waals surface area (Å²) in [7, 11) is 1.58. The molecule has 0 aliphatic heterocycles. The number of rotatable bonds is 5. The van der Waals surface area contributed by atoms with Crippen LogP contribution in [0.15, 0.2) is 35.1 Å². The minimum Gasteiger partial charge on any atom is -0.493 e. The zero-order chi connectivity index (χ0) is 15.2. The third kappa shape index (κ3) is 3.23. The summed E-state index contributed by atoms with van der Waals surface area (Å²) < 4.78 is 10.9. The first-order valence-electron chi connectivity index (χ1n) is 6.64. The van der Waals surface area contributed by atoms with Crippen molar-refractivity contribution in [2.45, 2.75) is 13.3 Å². The molecule has 0 fully saturated rings. The number of methoxy groups -OCH3 is 1. The molecule has 1 aromatic carbocycles.